The Balaban J connectivity index is 1.51. The number of anilines is 1. The molecule has 0 unspecified atom stereocenters. The summed E-state index contributed by atoms with van der Waals surface area (Å²) in [5.41, 5.74) is 1.06. The molecule has 0 spiro atoms. The van der Waals surface area contributed by atoms with Gasteiger partial charge in [-0.05, 0) is 50.7 Å². The van der Waals surface area contributed by atoms with E-state index in [0.29, 0.717) is 29.6 Å². The molecule has 0 atom stereocenters. The molecule has 1 aromatic heterocycles. The van der Waals surface area contributed by atoms with Crippen LogP contribution in [-0.2, 0) is 10.0 Å². The zero-order chi connectivity index (χ0) is 17.2. The van der Waals surface area contributed by atoms with Gasteiger partial charge in [-0.15, -0.1) is 0 Å². The summed E-state index contributed by atoms with van der Waals surface area (Å²) in [6, 6.07) is 4.92. The zero-order valence-electron chi connectivity index (χ0n) is 13.6. The lowest BCUT2D eigenvalue weighted by molar-refractivity contribution is 0.334. The molecule has 1 aliphatic rings. The lowest BCUT2D eigenvalue weighted by atomic mass is 9.86. The van der Waals surface area contributed by atoms with E-state index in [1.54, 1.807) is 13.0 Å². The van der Waals surface area contributed by atoms with E-state index in [9.17, 15) is 12.8 Å². The summed E-state index contributed by atoms with van der Waals surface area (Å²) in [7, 11) is -3.12. The highest BCUT2D eigenvalue weighted by molar-refractivity contribution is 7.89. The molecule has 2 N–H and O–H groups in total. The predicted molar refractivity (Wildman–Crippen MR) is 90.8 cm³/mol. The largest absolute Gasteiger partial charge is 0.423 e. The fraction of sp³-hybridized carbons (Fsp3) is 0.562. The normalized spacial score (nSPS) is 21.9. The van der Waals surface area contributed by atoms with Gasteiger partial charge in [0, 0.05) is 18.7 Å². The minimum Gasteiger partial charge on any atom is -0.423 e. The third-order valence-electron chi connectivity index (χ3n) is 4.50. The van der Waals surface area contributed by atoms with Gasteiger partial charge in [0.2, 0.25) is 10.0 Å². The van der Waals surface area contributed by atoms with Gasteiger partial charge in [0.05, 0.1) is 5.75 Å². The first-order valence-electron chi connectivity index (χ1n) is 8.25. The van der Waals surface area contributed by atoms with E-state index in [0.717, 1.165) is 25.7 Å². The Morgan fingerprint density at radius 3 is 2.75 bits per heavy atom. The Bertz CT molecular complexity index is 798. The number of sulfonamides is 1. The fourth-order valence-corrected chi connectivity index (χ4v) is 3.69. The number of hydrogen-bond acceptors (Lipinski definition) is 5. The van der Waals surface area contributed by atoms with E-state index in [-0.39, 0.29) is 17.6 Å². The average molecular weight is 355 g/mol. The molecule has 0 saturated heterocycles. The standard InChI is InChI=1S/C16H22FN3O3S/c1-2-24(21,22)18-10-11-3-6-13(7-4-11)19-16-20-14-8-5-12(17)9-15(14)23-16/h5,8-9,11,13,18H,2-4,6-7,10H2,1H3,(H,19,20)/t11-,13-. The summed E-state index contributed by atoms with van der Waals surface area (Å²) in [4.78, 5) is 4.31. The van der Waals surface area contributed by atoms with Crippen LogP contribution in [0.2, 0.25) is 0 Å². The minimum absolute atomic E-state index is 0.113. The lowest BCUT2D eigenvalue weighted by Gasteiger charge is -2.28. The second-order valence-corrected chi connectivity index (χ2v) is 8.34. The van der Waals surface area contributed by atoms with E-state index >= 15 is 0 Å². The van der Waals surface area contributed by atoms with Crippen molar-refractivity contribution in [2.45, 2.75) is 38.6 Å². The van der Waals surface area contributed by atoms with Crippen LogP contribution in [0.3, 0.4) is 0 Å². The highest BCUT2D eigenvalue weighted by Crippen LogP contribution is 2.27. The quantitative estimate of drug-likeness (QED) is 0.832. The van der Waals surface area contributed by atoms with Crippen LogP contribution in [0.25, 0.3) is 11.1 Å². The lowest BCUT2D eigenvalue weighted by Crippen LogP contribution is -2.34. The Morgan fingerprint density at radius 2 is 2.04 bits per heavy atom. The first-order valence-corrected chi connectivity index (χ1v) is 9.90. The molecule has 1 aliphatic carbocycles. The van der Waals surface area contributed by atoms with Gasteiger partial charge in [-0.3, -0.25) is 0 Å². The SMILES string of the molecule is CCS(=O)(=O)NC[C@H]1CC[C@H](Nc2nc3ccc(F)cc3o2)CC1. The number of nitrogens with zero attached hydrogens (tertiary/aromatic N) is 1. The second kappa shape index (κ2) is 7.06. The molecule has 1 heterocycles. The molecule has 0 bridgehead atoms. The molecule has 8 heteroatoms. The summed E-state index contributed by atoms with van der Waals surface area (Å²) in [6.45, 7) is 2.14. The third kappa shape index (κ3) is 4.24. The smallest absolute Gasteiger partial charge is 0.295 e. The van der Waals surface area contributed by atoms with Crippen LogP contribution in [0.4, 0.5) is 10.4 Å². The van der Waals surface area contributed by atoms with Gasteiger partial charge < -0.3 is 9.73 Å². The minimum atomic E-state index is -3.12. The Morgan fingerprint density at radius 1 is 1.29 bits per heavy atom. The molecule has 0 aliphatic heterocycles. The zero-order valence-corrected chi connectivity index (χ0v) is 14.4. The van der Waals surface area contributed by atoms with E-state index in [1.165, 1.54) is 12.1 Å². The van der Waals surface area contributed by atoms with Crippen molar-refractivity contribution in [2.75, 3.05) is 17.6 Å². The maximum Gasteiger partial charge on any atom is 0.295 e. The molecule has 1 aromatic carbocycles. The van der Waals surface area contributed by atoms with Crippen molar-refractivity contribution in [1.29, 1.82) is 0 Å². The topological polar surface area (TPSA) is 84.2 Å². The van der Waals surface area contributed by atoms with Crippen LogP contribution < -0.4 is 10.0 Å². The highest BCUT2D eigenvalue weighted by Gasteiger charge is 2.23. The molecular weight excluding hydrogens is 333 g/mol. The van der Waals surface area contributed by atoms with Crippen molar-refractivity contribution in [3.05, 3.63) is 24.0 Å². The summed E-state index contributed by atoms with van der Waals surface area (Å²) in [6.07, 6.45) is 3.73. The molecule has 24 heavy (non-hydrogen) atoms. The fourth-order valence-electron chi connectivity index (χ4n) is 2.99. The van der Waals surface area contributed by atoms with Crippen molar-refractivity contribution >= 4 is 27.1 Å². The van der Waals surface area contributed by atoms with E-state index in [4.69, 9.17) is 4.42 Å². The van der Waals surface area contributed by atoms with Gasteiger partial charge >= 0.3 is 0 Å². The van der Waals surface area contributed by atoms with Gasteiger partial charge in [-0.2, -0.15) is 4.98 Å². The van der Waals surface area contributed by atoms with Gasteiger partial charge in [-0.1, -0.05) is 0 Å². The Kier molecular flexibility index (Phi) is 5.05. The maximum absolute atomic E-state index is 13.2. The van der Waals surface area contributed by atoms with Crippen LogP contribution in [0.15, 0.2) is 22.6 Å². The van der Waals surface area contributed by atoms with Crippen molar-refractivity contribution in [3.63, 3.8) is 0 Å². The van der Waals surface area contributed by atoms with Crippen molar-refractivity contribution < 1.29 is 17.2 Å². The maximum atomic E-state index is 13.2. The number of nitrogens with one attached hydrogen (secondary N) is 2. The Hall–Kier alpha value is -1.67. The first-order chi connectivity index (χ1) is 11.4. The molecular formula is C16H22FN3O3S. The van der Waals surface area contributed by atoms with Crippen LogP contribution in [0.5, 0.6) is 0 Å². The van der Waals surface area contributed by atoms with Crippen LogP contribution >= 0.6 is 0 Å². The first kappa shape index (κ1) is 17.2. The summed E-state index contributed by atoms with van der Waals surface area (Å²) in [5, 5.41) is 3.25. The second-order valence-electron chi connectivity index (χ2n) is 6.24. The van der Waals surface area contributed by atoms with Crippen LogP contribution in [0, 0.1) is 11.7 Å². The van der Waals surface area contributed by atoms with Crippen molar-refractivity contribution in [3.8, 4) is 0 Å². The van der Waals surface area contributed by atoms with Gasteiger partial charge in [0.25, 0.3) is 6.01 Å². The summed E-state index contributed by atoms with van der Waals surface area (Å²) in [5.74, 6) is 0.129. The predicted octanol–water partition coefficient (Wildman–Crippen LogP) is 2.88. The van der Waals surface area contributed by atoms with E-state index < -0.39 is 10.0 Å². The number of halogens is 1. The number of rotatable bonds is 6. The van der Waals surface area contributed by atoms with Crippen LogP contribution in [0.1, 0.15) is 32.6 Å². The molecule has 6 nitrogen and oxygen atoms in total. The number of benzene rings is 1. The Labute approximate surface area is 140 Å². The van der Waals surface area contributed by atoms with E-state index in [1.807, 2.05) is 0 Å². The molecule has 3 rings (SSSR count). The van der Waals surface area contributed by atoms with Gasteiger partial charge in [-0.25, -0.2) is 17.5 Å². The molecule has 0 amide bonds. The van der Waals surface area contributed by atoms with Gasteiger partial charge in [0.15, 0.2) is 5.58 Å². The number of oxazole rings is 1. The third-order valence-corrected chi connectivity index (χ3v) is 5.86. The molecule has 132 valence electrons. The molecule has 1 saturated carbocycles. The van der Waals surface area contributed by atoms with Gasteiger partial charge in [0.1, 0.15) is 11.3 Å². The molecule has 0 radical (unpaired) electrons. The average Bonchev–Trinajstić information content (AvgIpc) is 2.95. The molecule has 1 fully saturated rings. The van der Waals surface area contributed by atoms with Crippen molar-refractivity contribution in [1.82, 2.24) is 9.71 Å². The summed E-state index contributed by atoms with van der Waals surface area (Å²) < 4.78 is 44.3. The number of fused-ring (bicyclic) bond motifs is 1. The van der Waals surface area contributed by atoms with Crippen LogP contribution in [-0.4, -0.2) is 31.7 Å². The molecule has 2 aromatic rings. The van der Waals surface area contributed by atoms with E-state index in [2.05, 4.69) is 15.0 Å². The van der Waals surface area contributed by atoms with Crippen molar-refractivity contribution in [2.24, 2.45) is 5.92 Å². The number of aromatic nitrogens is 1. The highest BCUT2D eigenvalue weighted by atomic mass is 32.2. The number of hydrogen-bond donors (Lipinski definition) is 2. The monoisotopic (exact) mass is 355 g/mol. The summed E-state index contributed by atoms with van der Waals surface area (Å²) >= 11 is 0.